The summed E-state index contributed by atoms with van der Waals surface area (Å²) in [5.41, 5.74) is 2.24. The Labute approximate surface area is 195 Å². The van der Waals surface area contributed by atoms with Crippen molar-refractivity contribution in [3.05, 3.63) is 65.9 Å². The molecule has 0 N–H and O–H groups in total. The van der Waals surface area contributed by atoms with Crippen molar-refractivity contribution in [1.29, 1.82) is 0 Å². The zero-order valence-electron chi connectivity index (χ0n) is 19.6. The van der Waals surface area contributed by atoms with Gasteiger partial charge in [-0.2, -0.15) is 0 Å². The fourth-order valence-electron chi connectivity index (χ4n) is 4.03. The molecular formula is C25H31N3O4S. The topological polar surface area (TPSA) is 71.9 Å². The molecule has 1 aliphatic rings. The van der Waals surface area contributed by atoms with Crippen molar-refractivity contribution in [2.45, 2.75) is 44.7 Å². The second-order valence-corrected chi connectivity index (χ2v) is 11.3. The molecule has 0 saturated carbocycles. The number of rotatable bonds is 4. The highest BCUT2D eigenvalue weighted by Gasteiger charge is 2.26. The highest BCUT2D eigenvalue weighted by Crippen LogP contribution is 2.26. The van der Waals surface area contributed by atoms with Crippen LogP contribution in [-0.4, -0.2) is 60.1 Å². The lowest BCUT2D eigenvalue weighted by Gasteiger charge is -2.35. The first kappa shape index (κ1) is 23.3. The van der Waals surface area contributed by atoms with E-state index in [9.17, 15) is 13.2 Å². The standard InChI is InChI=1S/C25H31N3O4S/c1-19-8-10-21(11-9-19)33(30,31)28-13-12-22-20(6-5-7-23(22)28)18-26-14-16-27(17-15-26)24(29)32-25(2,3)4/h5-13H,14-18H2,1-4H3. The molecule has 0 bridgehead atoms. The molecular weight excluding hydrogens is 438 g/mol. The van der Waals surface area contributed by atoms with E-state index in [1.54, 1.807) is 35.4 Å². The third-order valence-corrected chi connectivity index (χ3v) is 7.49. The van der Waals surface area contributed by atoms with Gasteiger partial charge in [-0.1, -0.05) is 29.8 Å². The molecule has 0 spiro atoms. The van der Waals surface area contributed by atoms with Crippen LogP contribution in [-0.2, 0) is 21.3 Å². The third kappa shape index (κ3) is 5.07. The van der Waals surface area contributed by atoms with Crippen LogP contribution in [0.25, 0.3) is 10.9 Å². The molecule has 0 aliphatic carbocycles. The first-order valence-corrected chi connectivity index (χ1v) is 12.6. The maximum absolute atomic E-state index is 13.2. The number of fused-ring (bicyclic) bond motifs is 1. The average Bonchev–Trinajstić information content (AvgIpc) is 3.19. The van der Waals surface area contributed by atoms with Crippen LogP contribution in [0.2, 0.25) is 0 Å². The van der Waals surface area contributed by atoms with E-state index >= 15 is 0 Å². The van der Waals surface area contributed by atoms with Crippen molar-refractivity contribution >= 4 is 27.0 Å². The molecule has 4 rings (SSSR count). The second-order valence-electron chi connectivity index (χ2n) is 9.52. The van der Waals surface area contributed by atoms with E-state index < -0.39 is 15.6 Å². The Kier molecular flexibility index (Phi) is 6.24. The summed E-state index contributed by atoms with van der Waals surface area (Å²) in [5, 5.41) is 0.919. The van der Waals surface area contributed by atoms with Gasteiger partial charge in [-0.25, -0.2) is 17.2 Å². The molecule has 1 aliphatic heterocycles. The number of carbonyl (C=O) groups excluding carboxylic acids is 1. The molecule has 33 heavy (non-hydrogen) atoms. The van der Waals surface area contributed by atoms with Crippen molar-refractivity contribution in [2.24, 2.45) is 0 Å². The van der Waals surface area contributed by atoms with Gasteiger partial charge in [0.1, 0.15) is 5.60 Å². The molecule has 0 atom stereocenters. The van der Waals surface area contributed by atoms with Gasteiger partial charge in [-0.3, -0.25) is 4.90 Å². The molecule has 1 amide bonds. The quantitative estimate of drug-likeness (QED) is 0.572. The Morgan fingerprint density at radius 2 is 1.64 bits per heavy atom. The van der Waals surface area contributed by atoms with Crippen LogP contribution in [0.1, 0.15) is 31.9 Å². The average molecular weight is 470 g/mol. The summed E-state index contributed by atoms with van der Waals surface area (Å²) in [6, 6.07) is 14.5. The van der Waals surface area contributed by atoms with Crippen LogP contribution in [0, 0.1) is 6.92 Å². The summed E-state index contributed by atoms with van der Waals surface area (Å²) in [6.45, 7) is 10.9. The molecule has 3 aromatic rings. The lowest BCUT2D eigenvalue weighted by atomic mass is 10.1. The van der Waals surface area contributed by atoms with Gasteiger partial charge in [-0.05, 0) is 57.5 Å². The minimum Gasteiger partial charge on any atom is -0.444 e. The summed E-state index contributed by atoms with van der Waals surface area (Å²) in [7, 11) is -3.68. The summed E-state index contributed by atoms with van der Waals surface area (Å²) in [4.78, 5) is 16.6. The highest BCUT2D eigenvalue weighted by molar-refractivity contribution is 7.90. The number of carbonyl (C=O) groups is 1. The molecule has 2 aromatic carbocycles. The number of aromatic nitrogens is 1. The fourth-order valence-corrected chi connectivity index (χ4v) is 5.38. The molecule has 7 nitrogen and oxygen atoms in total. The molecule has 2 heterocycles. The zero-order chi connectivity index (χ0) is 23.8. The van der Waals surface area contributed by atoms with E-state index in [4.69, 9.17) is 4.74 Å². The molecule has 8 heteroatoms. The number of benzene rings is 2. The minimum atomic E-state index is -3.68. The van der Waals surface area contributed by atoms with E-state index in [1.165, 1.54) is 3.97 Å². The second kappa shape index (κ2) is 8.83. The molecule has 0 radical (unpaired) electrons. The van der Waals surface area contributed by atoms with E-state index in [-0.39, 0.29) is 11.0 Å². The van der Waals surface area contributed by atoms with Crippen molar-refractivity contribution in [3.63, 3.8) is 0 Å². The van der Waals surface area contributed by atoms with Crippen molar-refractivity contribution in [2.75, 3.05) is 26.2 Å². The first-order chi connectivity index (χ1) is 15.5. The molecule has 176 valence electrons. The van der Waals surface area contributed by atoms with E-state index in [2.05, 4.69) is 4.90 Å². The van der Waals surface area contributed by atoms with Crippen molar-refractivity contribution < 1.29 is 17.9 Å². The Balaban J connectivity index is 1.50. The minimum absolute atomic E-state index is 0.272. The Bertz CT molecular complexity index is 1250. The van der Waals surface area contributed by atoms with Crippen LogP contribution in [0.5, 0.6) is 0 Å². The van der Waals surface area contributed by atoms with Gasteiger partial charge in [0.05, 0.1) is 10.4 Å². The Morgan fingerprint density at radius 3 is 2.27 bits per heavy atom. The normalized spacial score (nSPS) is 15.7. The first-order valence-electron chi connectivity index (χ1n) is 11.2. The molecule has 1 fully saturated rings. The predicted octanol–water partition coefficient (Wildman–Crippen LogP) is 4.24. The van der Waals surface area contributed by atoms with E-state index in [0.717, 1.165) is 29.6 Å². The number of ether oxygens (including phenoxy) is 1. The number of hydrogen-bond donors (Lipinski definition) is 0. The summed E-state index contributed by atoms with van der Waals surface area (Å²) in [5.74, 6) is 0. The SMILES string of the molecule is Cc1ccc(S(=O)(=O)n2ccc3c(CN4CCN(C(=O)OC(C)(C)C)CC4)cccc32)cc1. The number of amides is 1. The van der Waals surface area contributed by atoms with Gasteiger partial charge in [0, 0.05) is 44.3 Å². The van der Waals surface area contributed by atoms with E-state index in [0.29, 0.717) is 25.2 Å². The van der Waals surface area contributed by atoms with Crippen LogP contribution in [0.4, 0.5) is 4.79 Å². The third-order valence-electron chi connectivity index (χ3n) is 5.78. The Hall–Kier alpha value is -2.84. The molecule has 1 saturated heterocycles. The van der Waals surface area contributed by atoms with Gasteiger partial charge in [0.2, 0.25) is 0 Å². The zero-order valence-corrected chi connectivity index (χ0v) is 20.4. The number of nitrogens with zero attached hydrogens (tertiary/aromatic N) is 3. The molecule has 1 aromatic heterocycles. The van der Waals surface area contributed by atoms with Crippen LogP contribution in [0.3, 0.4) is 0 Å². The summed E-state index contributed by atoms with van der Waals surface area (Å²) >= 11 is 0. The maximum atomic E-state index is 13.2. The van der Waals surface area contributed by atoms with Crippen molar-refractivity contribution in [1.82, 2.24) is 13.8 Å². The van der Waals surface area contributed by atoms with Gasteiger partial charge in [0.25, 0.3) is 10.0 Å². The fraction of sp³-hybridized carbons (Fsp3) is 0.400. The van der Waals surface area contributed by atoms with Crippen LogP contribution < -0.4 is 0 Å². The van der Waals surface area contributed by atoms with Crippen LogP contribution >= 0.6 is 0 Å². The lowest BCUT2D eigenvalue weighted by Crippen LogP contribution is -2.49. The predicted molar refractivity (Wildman–Crippen MR) is 129 cm³/mol. The highest BCUT2D eigenvalue weighted by atomic mass is 32.2. The lowest BCUT2D eigenvalue weighted by molar-refractivity contribution is 0.0139. The number of aryl methyl sites for hydroxylation is 1. The number of hydrogen-bond acceptors (Lipinski definition) is 5. The van der Waals surface area contributed by atoms with Crippen LogP contribution in [0.15, 0.2) is 59.6 Å². The summed E-state index contributed by atoms with van der Waals surface area (Å²) in [6.07, 6.45) is 1.35. The molecule has 0 unspecified atom stereocenters. The van der Waals surface area contributed by atoms with Gasteiger partial charge >= 0.3 is 6.09 Å². The van der Waals surface area contributed by atoms with Crippen molar-refractivity contribution in [3.8, 4) is 0 Å². The number of piperazine rings is 1. The smallest absolute Gasteiger partial charge is 0.410 e. The van der Waals surface area contributed by atoms with Gasteiger partial charge in [0.15, 0.2) is 0 Å². The van der Waals surface area contributed by atoms with Gasteiger partial charge in [-0.15, -0.1) is 0 Å². The maximum Gasteiger partial charge on any atom is 0.410 e. The monoisotopic (exact) mass is 469 g/mol. The Morgan fingerprint density at radius 1 is 0.970 bits per heavy atom. The largest absolute Gasteiger partial charge is 0.444 e. The van der Waals surface area contributed by atoms with Gasteiger partial charge < -0.3 is 9.64 Å². The summed E-state index contributed by atoms with van der Waals surface area (Å²) < 4.78 is 33.3. The van der Waals surface area contributed by atoms with E-state index in [1.807, 2.05) is 52.0 Å².